The summed E-state index contributed by atoms with van der Waals surface area (Å²) in [5.41, 5.74) is -0.960. The largest absolute Gasteiger partial charge is 0.416 e. The number of nitrogens with one attached hydrogen (secondary N) is 1. The molecule has 2 aromatic rings. The average Bonchev–Trinajstić information content (AvgIpc) is 2.71. The van der Waals surface area contributed by atoms with Crippen LogP contribution in [0.4, 0.5) is 17.6 Å². The fraction of sp³-hybridized carbons (Fsp3) is 0.231. The van der Waals surface area contributed by atoms with Crippen LogP contribution in [0.15, 0.2) is 28.7 Å². The molecular formula is C13H9BrClF4NS. The monoisotopic (exact) mass is 401 g/mol. The van der Waals surface area contributed by atoms with Crippen molar-refractivity contribution in [3.63, 3.8) is 0 Å². The van der Waals surface area contributed by atoms with Gasteiger partial charge < -0.3 is 5.32 Å². The lowest BCUT2D eigenvalue weighted by atomic mass is 10.0. The second kappa shape index (κ2) is 6.24. The van der Waals surface area contributed by atoms with Crippen LogP contribution in [0.2, 0.25) is 4.34 Å². The lowest BCUT2D eigenvalue weighted by molar-refractivity contribution is -0.137. The number of rotatable bonds is 3. The van der Waals surface area contributed by atoms with Crippen molar-refractivity contribution in [2.45, 2.75) is 12.2 Å². The molecule has 0 fully saturated rings. The first-order valence-electron chi connectivity index (χ1n) is 5.72. The second-order valence-electron chi connectivity index (χ2n) is 4.23. The van der Waals surface area contributed by atoms with Gasteiger partial charge in [-0.15, -0.1) is 11.3 Å². The predicted octanol–water partition coefficient (Wildman–Crippen LogP) is 5.63. The molecule has 0 saturated heterocycles. The van der Waals surface area contributed by atoms with Gasteiger partial charge in [0.1, 0.15) is 10.2 Å². The molecule has 0 aliphatic heterocycles. The molecule has 21 heavy (non-hydrogen) atoms. The number of halogens is 6. The van der Waals surface area contributed by atoms with E-state index in [1.165, 1.54) is 11.3 Å². The van der Waals surface area contributed by atoms with Gasteiger partial charge in [-0.3, -0.25) is 0 Å². The van der Waals surface area contributed by atoms with Crippen molar-refractivity contribution in [1.82, 2.24) is 5.32 Å². The third-order valence-corrected chi connectivity index (χ3v) is 5.41. The first-order valence-corrected chi connectivity index (χ1v) is 7.71. The van der Waals surface area contributed by atoms with Crippen LogP contribution in [-0.2, 0) is 6.18 Å². The van der Waals surface area contributed by atoms with E-state index in [1.807, 2.05) is 0 Å². The van der Waals surface area contributed by atoms with Crippen molar-refractivity contribution in [2.24, 2.45) is 0 Å². The van der Waals surface area contributed by atoms with Crippen molar-refractivity contribution < 1.29 is 17.6 Å². The Balaban J connectivity index is 2.51. The van der Waals surface area contributed by atoms with Crippen LogP contribution in [0.3, 0.4) is 0 Å². The number of hydrogen-bond acceptors (Lipinski definition) is 2. The smallest absolute Gasteiger partial charge is 0.309 e. The lowest BCUT2D eigenvalue weighted by Crippen LogP contribution is -2.19. The van der Waals surface area contributed by atoms with E-state index in [0.717, 1.165) is 18.2 Å². The Bertz CT molecular complexity index is 637. The molecule has 0 spiro atoms. The molecule has 8 heteroatoms. The summed E-state index contributed by atoms with van der Waals surface area (Å²) in [6.07, 6.45) is -4.52. The third kappa shape index (κ3) is 3.59. The molecule has 1 aromatic carbocycles. The summed E-state index contributed by atoms with van der Waals surface area (Å²) in [4.78, 5) is 0.618. The van der Waals surface area contributed by atoms with Gasteiger partial charge in [-0.2, -0.15) is 13.2 Å². The van der Waals surface area contributed by atoms with Gasteiger partial charge in [0.25, 0.3) is 0 Å². The molecule has 1 atom stereocenters. The molecule has 1 unspecified atom stereocenters. The van der Waals surface area contributed by atoms with Gasteiger partial charge in [0.15, 0.2) is 0 Å². The Morgan fingerprint density at radius 2 is 1.95 bits per heavy atom. The maximum absolute atomic E-state index is 13.9. The second-order valence-corrected chi connectivity index (χ2v) is 6.77. The summed E-state index contributed by atoms with van der Waals surface area (Å²) in [6.45, 7) is 0. The third-order valence-electron chi connectivity index (χ3n) is 2.87. The molecule has 0 bridgehead atoms. The van der Waals surface area contributed by atoms with E-state index in [1.54, 1.807) is 13.1 Å². The maximum atomic E-state index is 13.9. The minimum Gasteiger partial charge on any atom is -0.309 e. The molecule has 1 nitrogen and oxygen atoms in total. The molecule has 0 aliphatic carbocycles. The van der Waals surface area contributed by atoms with Crippen LogP contribution in [0, 0.1) is 5.82 Å². The zero-order chi connectivity index (χ0) is 15.8. The van der Waals surface area contributed by atoms with Gasteiger partial charge in [-0.25, -0.2) is 4.39 Å². The lowest BCUT2D eigenvalue weighted by Gasteiger charge is -2.17. The highest BCUT2D eigenvalue weighted by Gasteiger charge is 2.32. The molecule has 1 aromatic heterocycles. The maximum Gasteiger partial charge on any atom is 0.416 e. The molecule has 114 valence electrons. The Hall–Kier alpha value is -0.630. The van der Waals surface area contributed by atoms with Crippen molar-refractivity contribution in [1.29, 1.82) is 0 Å². The van der Waals surface area contributed by atoms with E-state index < -0.39 is 23.6 Å². The van der Waals surface area contributed by atoms with Crippen LogP contribution in [-0.4, -0.2) is 7.05 Å². The van der Waals surface area contributed by atoms with Crippen molar-refractivity contribution in [2.75, 3.05) is 7.05 Å². The number of alkyl halides is 3. The molecule has 0 saturated carbocycles. The topological polar surface area (TPSA) is 12.0 Å². The van der Waals surface area contributed by atoms with E-state index in [4.69, 9.17) is 11.6 Å². The molecule has 0 amide bonds. The van der Waals surface area contributed by atoms with Gasteiger partial charge in [0.2, 0.25) is 0 Å². The van der Waals surface area contributed by atoms with Crippen LogP contribution in [0.5, 0.6) is 0 Å². The number of hydrogen-bond donors (Lipinski definition) is 1. The molecular weight excluding hydrogens is 394 g/mol. The molecule has 2 rings (SSSR count). The average molecular weight is 403 g/mol. The Morgan fingerprint density at radius 1 is 1.29 bits per heavy atom. The number of benzene rings is 1. The SMILES string of the molecule is CNC(c1cc(Br)c(Cl)s1)c1cc(C(F)(F)F)ccc1F. The highest BCUT2D eigenvalue weighted by molar-refractivity contribution is 9.10. The van der Waals surface area contributed by atoms with Crippen LogP contribution in [0.1, 0.15) is 22.0 Å². The molecule has 1 N–H and O–H groups in total. The van der Waals surface area contributed by atoms with E-state index in [9.17, 15) is 17.6 Å². The highest BCUT2D eigenvalue weighted by atomic mass is 79.9. The van der Waals surface area contributed by atoms with Crippen molar-refractivity contribution in [3.05, 3.63) is 54.9 Å². The Kier molecular flexibility index (Phi) is 4.97. The van der Waals surface area contributed by atoms with Crippen molar-refractivity contribution >= 4 is 38.9 Å². The first kappa shape index (κ1) is 16.7. The molecule has 1 heterocycles. The van der Waals surface area contributed by atoms with Crippen LogP contribution in [0.25, 0.3) is 0 Å². The van der Waals surface area contributed by atoms with E-state index in [2.05, 4.69) is 21.2 Å². The fourth-order valence-electron chi connectivity index (χ4n) is 1.90. The molecule has 0 aliphatic rings. The van der Waals surface area contributed by atoms with E-state index in [-0.39, 0.29) is 5.56 Å². The molecule has 0 radical (unpaired) electrons. The Morgan fingerprint density at radius 3 is 2.43 bits per heavy atom. The van der Waals surface area contributed by atoms with Gasteiger partial charge in [-0.05, 0) is 47.2 Å². The van der Waals surface area contributed by atoms with Crippen molar-refractivity contribution in [3.8, 4) is 0 Å². The zero-order valence-corrected chi connectivity index (χ0v) is 13.7. The Labute approximate surface area is 136 Å². The number of thiophene rings is 1. The normalized spacial score (nSPS) is 13.5. The van der Waals surface area contributed by atoms with Gasteiger partial charge in [0, 0.05) is 14.9 Å². The summed E-state index contributed by atoms with van der Waals surface area (Å²) >= 11 is 10.3. The quantitative estimate of drug-likeness (QED) is 0.656. The fourth-order valence-corrected chi connectivity index (χ4v) is 3.76. The summed E-state index contributed by atoms with van der Waals surface area (Å²) in [5, 5.41) is 2.82. The highest BCUT2D eigenvalue weighted by Crippen LogP contribution is 2.39. The summed E-state index contributed by atoms with van der Waals surface area (Å²) in [6, 6.07) is 3.32. The zero-order valence-electron chi connectivity index (χ0n) is 10.6. The summed E-state index contributed by atoms with van der Waals surface area (Å²) in [7, 11) is 1.55. The standard InChI is InChI=1S/C13H9BrClF4NS/c1-20-11(10-5-8(14)12(15)21-10)7-4-6(13(17,18)19)2-3-9(7)16/h2-5,11,20H,1H3. The first-order chi connectivity index (χ1) is 9.74. The van der Waals surface area contributed by atoms with E-state index in [0.29, 0.717) is 13.7 Å². The van der Waals surface area contributed by atoms with Gasteiger partial charge in [0.05, 0.1) is 11.6 Å². The van der Waals surface area contributed by atoms with E-state index >= 15 is 0 Å². The van der Waals surface area contributed by atoms with Crippen LogP contribution >= 0.6 is 38.9 Å². The summed E-state index contributed by atoms with van der Waals surface area (Å²) < 4.78 is 53.3. The summed E-state index contributed by atoms with van der Waals surface area (Å²) in [5.74, 6) is -0.706. The minimum absolute atomic E-state index is 0.0715. The minimum atomic E-state index is -4.52. The van der Waals surface area contributed by atoms with Crippen LogP contribution < -0.4 is 5.32 Å². The van der Waals surface area contributed by atoms with Gasteiger partial charge >= 0.3 is 6.18 Å². The van der Waals surface area contributed by atoms with Gasteiger partial charge in [-0.1, -0.05) is 11.6 Å². The predicted molar refractivity (Wildman–Crippen MR) is 79.3 cm³/mol.